The van der Waals surface area contributed by atoms with Crippen LogP contribution in [0.3, 0.4) is 0 Å². The van der Waals surface area contributed by atoms with E-state index >= 15 is 0 Å². The van der Waals surface area contributed by atoms with Crippen LogP contribution >= 0.6 is 11.6 Å². The zero-order chi connectivity index (χ0) is 17.1. The first-order valence-electron chi connectivity index (χ1n) is 7.02. The van der Waals surface area contributed by atoms with Crippen LogP contribution < -0.4 is 9.47 Å². The summed E-state index contributed by atoms with van der Waals surface area (Å²) in [6, 6.07) is 9.58. The summed E-state index contributed by atoms with van der Waals surface area (Å²) in [6.45, 7) is 0.131. The van der Waals surface area contributed by atoms with Crippen LogP contribution in [-0.4, -0.2) is 25.8 Å². The molecule has 6 nitrogen and oxygen atoms in total. The lowest BCUT2D eigenvalue weighted by atomic mass is 10.1. The Bertz CT molecular complexity index is 784. The van der Waals surface area contributed by atoms with Gasteiger partial charge in [-0.1, -0.05) is 23.7 Å². The minimum Gasteiger partial charge on any atom is -0.465 e. The largest absolute Gasteiger partial charge is 0.465 e. The second-order valence-electron chi connectivity index (χ2n) is 4.96. The van der Waals surface area contributed by atoms with Crippen LogP contribution in [0.2, 0.25) is 5.02 Å². The van der Waals surface area contributed by atoms with Gasteiger partial charge in [0.15, 0.2) is 11.5 Å². The van der Waals surface area contributed by atoms with Gasteiger partial charge in [-0.05, 0) is 29.8 Å². The van der Waals surface area contributed by atoms with Crippen LogP contribution in [0.1, 0.15) is 26.3 Å². The summed E-state index contributed by atoms with van der Waals surface area (Å²) in [6.07, 6.45) is 0. The third kappa shape index (κ3) is 3.28. The quantitative estimate of drug-likeness (QED) is 0.790. The van der Waals surface area contributed by atoms with Crippen LogP contribution in [0, 0.1) is 0 Å². The van der Waals surface area contributed by atoms with Gasteiger partial charge in [0, 0.05) is 0 Å². The molecule has 0 aromatic heterocycles. The third-order valence-corrected chi connectivity index (χ3v) is 3.69. The monoisotopic (exact) mass is 348 g/mol. The summed E-state index contributed by atoms with van der Waals surface area (Å²) in [5.41, 5.74) is 1.44. The molecule has 0 fully saturated rings. The average Bonchev–Trinajstić information content (AvgIpc) is 3.08. The predicted molar refractivity (Wildman–Crippen MR) is 84.5 cm³/mol. The Labute approximate surface area is 142 Å². The molecule has 1 aliphatic heterocycles. The molecule has 0 amide bonds. The van der Waals surface area contributed by atoms with Crippen molar-refractivity contribution < 1.29 is 28.5 Å². The lowest BCUT2D eigenvalue weighted by Gasteiger charge is -2.07. The highest BCUT2D eigenvalue weighted by Gasteiger charge is 2.21. The van der Waals surface area contributed by atoms with Gasteiger partial charge < -0.3 is 18.9 Å². The van der Waals surface area contributed by atoms with Crippen molar-refractivity contribution in [2.24, 2.45) is 0 Å². The van der Waals surface area contributed by atoms with Crippen molar-refractivity contribution in [3.63, 3.8) is 0 Å². The maximum atomic E-state index is 12.1. The van der Waals surface area contributed by atoms with Gasteiger partial charge in [-0.15, -0.1) is 0 Å². The first-order chi connectivity index (χ1) is 11.6. The van der Waals surface area contributed by atoms with Crippen LogP contribution in [0.4, 0.5) is 0 Å². The number of methoxy groups -OCH3 is 1. The number of esters is 2. The molecule has 24 heavy (non-hydrogen) atoms. The first kappa shape index (κ1) is 16.1. The number of carbonyl (C=O) groups is 2. The molecule has 0 unspecified atom stereocenters. The van der Waals surface area contributed by atoms with E-state index in [1.807, 2.05) is 0 Å². The highest BCUT2D eigenvalue weighted by molar-refractivity contribution is 6.32. The fraction of sp³-hybridized carbons (Fsp3) is 0.176. The van der Waals surface area contributed by atoms with Gasteiger partial charge in [0.1, 0.15) is 6.61 Å². The molecule has 1 aliphatic rings. The van der Waals surface area contributed by atoms with Gasteiger partial charge in [0.2, 0.25) is 6.79 Å². The van der Waals surface area contributed by atoms with Crippen LogP contribution in [-0.2, 0) is 16.1 Å². The molecule has 3 rings (SSSR count). The Hall–Kier alpha value is -2.73. The molecule has 0 radical (unpaired) electrons. The summed E-state index contributed by atoms with van der Waals surface area (Å²) in [5, 5.41) is 0.291. The zero-order valence-electron chi connectivity index (χ0n) is 12.7. The fourth-order valence-corrected chi connectivity index (χ4v) is 2.44. The molecule has 124 valence electrons. The molecule has 0 spiro atoms. The minimum absolute atomic E-state index is 0.0619. The predicted octanol–water partition coefficient (Wildman–Crippen LogP) is 3.21. The van der Waals surface area contributed by atoms with Crippen molar-refractivity contribution in [1.29, 1.82) is 0 Å². The molecule has 0 aliphatic carbocycles. The van der Waals surface area contributed by atoms with E-state index in [0.29, 0.717) is 22.1 Å². The van der Waals surface area contributed by atoms with Gasteiger partial charge in [0.05, 0.1) is 23.3 Å². The van der Waals surface area contributed by atoms with E-state index in [4.69, 9.17) is 25.8 Å². The number of ether oxygens (including phenoxy) is 4. The topological polar surface area (TPSA) is 71.1 Å². The van der Waals surface area contributed by atoms with Crippen LogP contribution in [0.25, 0.3) is 0 Å². The molecule has 0 atom stereocenters. The van der Waals surface area contributed by atoms with Crippen molar-refractivity contribution in [3.8, 4) is 11.5 Å². The molecule has 0 bridgehead atoms. The Morgan fingerprint density at radius 1 is 1.08 bits per heavy atom. The van der Waals surface area contributed by atoms with E-state index in [1.165, 1.54) is 19.2 Å². The highest BCUT2D eigenvalue weighted by Crippen LogP contribution is 2.39. The molecular formula is C17H13ClO6. The van der Waals surface area contributed by atoms with Gasteiger partial charge in [-0.25, -0.2) is 9.59 Å². The Morgan fingerprint density at radius 3 is 2.54 bits per heavy atom. The summed E-state index contributed by atoms with van der Waals surface area (Å²) in [4.78, 5) is 23.5. The average molecular weight is 349 g/mol. The van der Waals surface area contributed by atoms with E-state index in [-0.39, 0.29) is 19.0 Å². The Morgan fingerprint density at radius 2 is 1.83 bits per heavy atom. The molecule has 0 saturated carbocycles. The standard InChI is InChI=1S/C17H13ClO6/c1-21-16(19)11-4-2-10(3-5-11)8-22-17(20)12-6-13(18)15-14(7-12)23-9-24-15/h2-7H,8-9H2,1H3. The second-order valence-corrected chi connectivity index (χ2v) is 5.36. The number of rotatable bonds is 4. The van der Waals surface area contributed by atoms with Gasteiger partial charge >= 0.3 is 11.9 Å². The molecule has 7 heteroatoms. The Balaban J connectivity index is 1.65. The molecule has 2 aromatic rings. The maximum absolute atomic E-state index is 12.1. The summed E-state index contributed by atoms with van der Waals surface area (Å²) in [7, 11) is 1.31. The Kier molecular flexibility index (Phi) is 4.57. The van der Waals surface area contributed by atoms with Crippen molar-refractivity contribution >= 4 is 23.5 Å². The van der Waals surface area contributed by atoms with Gasteiger partial charge in [-0.2, -0.15) is 0 Å². The summed E-state index contributed by atoms with van der Waals surface area (Å²) < 4.78 is 20.3. The van der Waals surface area contributed by atoms with Gasteiger partial charge in [-0.3, -0.25) is 0 Å². The van der Waals surface area contributed by atoms with E-state index in [9.17, 15) is 9.59 Å². The van der Waals surface area contributed by atoms with Crippen molar-refractivity contribution in [2.75, 3.05) is 13.9 Å². The SMILES string of the molecule is COC(=O)c1ccc(COC(=O)c2cc(Cl)c3c(c2)OCO3)cc1. The molecule has 0 N–H and O–H groups in total. The van der Waals surface area contributed by atoms with E-state index in [1.54, 1.807) is 24.3 Å². The number of fused-ring (bicyclic) bond motifs is 1. The molecule has 1 heterocycles. The van der Waals surface area contributed by atoms with Crippen LogP contribution in [0.5, 0.6) is 11.5 Å². The molecular weight excluding hydrogens is 336 g/mol. The van der Waals surface area contributed by atoms with E-state index in [0.717, 1.165) is 5.56 Å². The second kappa shape index (κ2) is 6.80. The van der Waals surface area contributed by atoms with Crippen LogP contribution in [0.15, 0.2) is 36.4 Å². The number of halogens is 1. The highest BCUT2D eigenvalue weighted by atomic mass is 35.5. The zero-order valence-corrected chi connectivity index (χ0v) is 13.5. The third-order valence-electron chi connectivity index (χ3n) is 3.41. The number of carbonyl (C=O) groups excluding carboxylic acids is 2. The number of hydrogen-bond acceptors (Lipinski definition) is 6. The van der Waals surface area contributed by atoms with Crippen molar-refractivity contribution in [3.05, 3.63) is 58.1 Å². The number of benzene rings is 2. The van der Waals surface area contributed by atoms with Gasteiger partial charge in [0.25, 0.3) is 0 Å². The fourth-order valence-electron chi connectivity index (χ4n) is 2.17. The minimum atomic E-state index is -0.535. The van der Waals surface area contributed by atoms with E-state index < -0.39 is 11.9 Å². The normalized spacial score (nSPS) is 11.9. The molecule has 0 saturated heterocycles. The van der Waals surface area contributed by atoms with Crippen molar-refractivity contribution in [1.82, 2.24) is 0 Å². The molecule has 2 aromatic carbocycles. The summed E-state index contributed by atoms with van der Waals surface area (Å²) in [5.74, 6) is -0.121. The smallest absolute Gasteiger partial charge is 0.338 e. The first-order valence-corrected chi connectivity index (χ1v) is 7.40. The summed E-state index contributed by atoms with van der Waals surface area (Å²) >= 11 is 6.04. The van der Waals surface area contributed by atoms with E-state index in [2.05, 4.69) is 4.74 Å². The number of hydrogen-bond donors (Lipinski definition) is 0. The lowest BCUT2D eigenvalue weighted by Crippen LogP contribution is -2.06. The lowest BCUT2D eigenvalue weighted by molar-refractivity contribution is 0.0471. The van der Waals surface area contributed by atoms with Crippen molar-refractivity contribution in [2.45, 2.75) is 6.61 Å². The maximum Gasteiger partial charge on any atom is 0.338 e.